The van der Waals surface area contributed by atoms with E-state index >= 15 is 0 Å². The normalized spacial score (nSPS) is 11.2. The van der Waals surface area contributed by atoms with Gasteiger partial charge in [-0.15, -0.1) is 0 Å². The lowest BCUT2D eigenvalue weighted by molar-refractivity contribution is -0.119. The Labute approximate surface area is 206 Å². The van der Waals surface area contributed by atoms with Crippen molar-refractivity contribution in [3.8, 4) is 5.75 Å². The van der Waals surface area contributed by atoms with Crippen LogP contribution in [0.3, 0.4) is 0 Å². The van der Waals surface area contributed by atoms with E-state index < -0.39 is 15.9 Å². The Morgan fingerprint density at radius 3 is 2.32 bits per heavy atom. The maximum Gasteiger partial charge on any atom is 0.264 e. The molecular weight excluding hydrogens is 472 g/mol. The maximum absolute atomic E-state index is 13.4. The van der Waals surface area contributed by atoms with Crippen molar-refractivity contribution < 1.29 is 17.9 Å². The van der Waals surface area contributed by atoms with Gasteiger partial charge in [-0.1, -0.05) is 29.8 Å². The molecule has 0 saturated heterocycles. The first-order valence-corrected chi connectivity index (χ1v) is 12.7. The zero-order valence-corrected chi connectivity index (χ0v) is 21.3. The molecule has 34 heavy (non-hydrogen) atoms. The predicted octanol–water partition coefficient (Wildman–Crippen LogP) is 4.96. The van der Waals surface area contributed by atoms with E-state index in [1.807, 2.05) is 52.0 Å². The fourth-order valence-corrected chi connectivity index (χ4v) is 4.89. The third-order valence-electron chi connectivity index (χ3n) is 5.70. The first-order chi connectivity index (χ1) is 16.1. The van der Waals surface area contributed by atoms with Crippen LogP contribution < -0.4 is 14.4 Å². The summed E-state index contributed by atoms with van der Waals surface area (Å²) in [6.45, 7) is 7.98. The Morgan fingerprint density at radius 2 is 1.65 bits per heavy atom. The summed E-state index contributed by atoms with van der Waals surface area (Å²) in [7, 11) is -4.00. The zero-order chi connectivity index (χ0) is 24.9. The summed E-state index contributed by atoms with van der Waals surface area (Å²) in [6.07, 6.45) is 0. The molecule has 0 aliphatic rings. The average molecular weight is 501 g/mol. The third-order valence-corrected chi connectivity index (χ3v) is 7.74. The van der Waals surface area contributed by atoms with Crippen LogP contribution in [0.25, 0.3) is 0 Å². The lowest BCUT2D eigenvalue weighted by Crippen LogP contribution is -2.42. The van der Waals surface area contributed by atoms with Crippen molar-refractivity contribution >= 4 is 33.2 Å². The Balaban J connectivity index is 1.74. The number of amides is 1. The second-order valence-corrected chi connectivity index (χ2v) is 10.4. The van der Waals surface area contributed by atoms with Crippen molar-refractivity contribution in [2.45, 2.75) is 32.6 Å². The van der Waals surface area contributed by atoms with Gasteiger partial charge < -0.3 is 10.1 Å². The van der Waals surface area contributed by atoms with Gasteiger partial charge in [0.15, 0.2) is 0 Å². The van der Waals surface area contributed by atoms with Crippen LogP contribution in [0.2, 0.25) is 5.02 Å². The van der Waals surface area contributed by atoms with Crippen LogP contribution in [0.15, 0.2) is 65.6 Å². The summed E-state index contributed by atoms with van der Waals surface area (Å²) in [6, 6.07) is 17.0. The molecule has 180 valence electrons. The molecule has 6 nitrogen and oxygen atoms in total. The van der Waals surface area contributed by atoms with Crippen molar-refractivity contribution in [2.75, 3.05) is 24.0 Å². The molecule has 0 bridgehead atoms. The molecule has 0 aliphatic carbocycles. The van der Waals surface area contributed by atoms with E-state index in [-0.39, 0.29) is 24.6 Å². The Bertz CT molecular complexity index is 1270. The summed E-state index contributed by atoms with van der Waals surface area (Å²) in [5, 5.41) is 3.18. The molecule has 0 aliphatic heterocycles. The van der Waals surface area contributed by atoms with Crippen LogP contribution in [0.4, 0.5) is 5.69 Å². The first-order valence-electron chi connectivity index (χ1n) is 10.9. The summed E-state index contributed by atoms with van der Waals surface area (Å²) in [5.41, 5.74) is 4.54. The number of sulfonamides is 1. The third kappa shape index (κ3) is 6.10. The molecule has 0 saturated carbocycles. The van der Waals surface area contributed by atoms with E-state index in [0.717, 1.165) is 32.3 Å². The van der Waals surface area contributed by atoms with Gasteiger partial charge in [-0.25, -0.2) is 8.42 Å². The van der Waals surface area contributed by atoms with Crippen molar-refractivity contribution in [3.63, 3.8) is 0 Å². The number of anilines is 1. The monoisotopic (exact) mass is 500 g/mol. The van der Waals surface area contributed by atoms with Crippen molar-refractivity contribution in [2.24, 2.45) is 0 Å². The van der Waals surface area contributed by atoms with Crippen LogP contribution in [0, 0.1) is 27.7 Å². The molecule has 1 amide bonds. The number of carbonyl (C=O) groups excluding carboxylic acids is 1. The summed E-state index contributed by atoms with van der Waals surface area (Å²) >= 11 is 5.93. The van der Waals surface area contributed by atoms with Crippen LogP contribution in [-0.4, -0.2) is 34.0 Å². The smallest absolute Gasteiger partial charge is 0.264 e. The van der Waals surface area contributed by atoms with E-state index in [1.54, 1.807) is 12.1 Å². The Kier molecular flexibility index (Phi) is 8.23. The standard InChI is InChI=1S/C26H29ClN2O4S/c1-18-8-11-23(16-20(18)3)29(34(31,32)24-12-9-22(27)10-13-24)17-26(30)28-14-15-33-25-7-5-6-19(2)21(25)4/h5-13,16H,14-15,17H2,1-4H3,(H,28,30). The fourth-order valence-electron chi connectivity index (χ4n) is 3.35. The Morgan fingerprint density at radius 1 is 0.941 bits per heavy atom. The van der Waals surface area contributed by atoms with E-state index in [2.05, 4.69) is 5.32 Å². The van der Waals surface area contributed by atoms with E-state index in [0.29, 0.717) is 10.7 Å². The number of nitrogens with zero attached hydrogens (tertiary/aromatic N) is 1. The molecule has 8 heteroatoms. The molecular formula is C26H29ClN2O4S. The molecule has 3 aromatic rings. The highest BCUT2D eigenvalue weighted by atomic mass is 35.5. The van der Waals surface area contributed by atoms with Gasteiger partial charge in [0, 0.05) is 5.02 Å². The number of nitrogens with one attached hydrogen (secondary N) is 1. The van der Waals surface area contributed by atoms with Crippen LogP contribution >= 0.6 is 11.6 Å². The number of hydrogen-bond donors (Lipinski definition) is 1. The summed E-state index contributed by atoms with van der Waals surface area (Å²) < 4.78 is 33.8. The number of hydrogen-bond acceptors (Lipinski definition) is 4. The van der Waals surface area contributed by atoms with Gasteiger partial charge in [0.2, 0.25) is 5.91 Å². The number of halogens is 1. The molecule has 0 spiro atoms. The lowest BCUT2D eigenvalue weighted by Gasteiger charge is -2.25. The fraction of sp³-hybridized carbons (Fsp3) is 0.269. The number of benzene rings is 3. The van der Waals surface area contributed by atoms with Gasteiger partial charge in [-0.3, -0.25) is 9.10 Å². The molecule has 0 unspecified atom stereocenters. The molecule has 0 radical (unpaired) electrons. The highest BCUT2D eigenvalue weighted by molar-refractivity contribution is 7.92. The second kappa shape index (κ2) is 10.9. The molecule has 0 atom stereocenters. The van der Waals surface area contributed by atoms with E-state index in [4.69, 9.17) is 16.3 Å². The van der Waals surface area contributed by atoms with Crippen molar-refractivity contribution in [3.05, 3.63) is 87.9 Å². The van der Waals surface area contributed by atoms with Gasteiger partial charge in [-0.05, 0) is 92.4 Å². The number of aryl methyl sites for hydroxylation is 3. The predicted molar refractivity (Wildman–Crippen MR) is 136 cm³/mol. The van der Waals surface area contributed by atoms with Gasteiger partial charge in [0.25, 0.3) is 10.0 Å². The summed E-state index contributed by atoms with van der Waals surface area (Å²) in [5.74, 6) is 0.330. The van der Waals surface area contributed by atoms with Gasteiger partial charge in [-0.2, -0.15) is 0 Å². The number of rotatable bonds is 9. The quantitative estimate of drug-likeness (QED) is 0.421. The molecule has 0 heterocycles. The Hall–Kier alpha value is -3.03. The minimum Gasteiger partial charge on any atom is -0.491 e. The molecule has 3 rings (SSSR count). The number of ether oxygens (including phenoxy) is 1. The van der Waals surface area contributed by atoms with Crippen molar-refractivity contribution in [1.29, 1.82) is 0 Å². The molecule has 0 fully saturated rings. The number of carbonyl (C=O) groups is 1. The molecule has 0 aromatic heterocycles. The lowest BCUT2D eigenvalue weighted by atomic mass is 10.1. The van der Waals surface area contributed by atoms with Gasteiger partial charge >= 0.3 is 0 Å². The minimum atomic E-state index is -4.00. The molecule has 1 N–H and O–H groups in total. The highest BCUT2D eigenvalue weighted by Gasteiger charge is 2.27. The largest absolute Gasteiger partial charge is 0.491 e. The maximum atomic E-state index is 13.4. The van der Waals surface area contributed by atoms with Crippen LogP contribution in [0.5, 0.6) is 5.75 Å². The second-order valence-electron chi connectivity index (χ2n) is 8.13. The SMILES string of the molecule is Cc1ccc(N(CC(=O)NCCOc2cccc(C)c2C)S(=O)(=O)c2ccc(Cl)cc2)cc1C. The van der Waals surface area contributed by atoms with E-state index in [1.165, 1.54) is 24.3 Å². The first kappa shape index (κ1) is 25.6. The zero-order valence-electron chi connectivity index (χ0n) is 19.8. The minimum absolute atomic E-state index is 0.0567. The topological polar surface area (TPSA) is 75.7 Å². The van der Waals surface area contributed by atoms with Crippen LogP contribution in [0.1, 0.15) is 22.3 Å². The van der Waals surface area contributed by atoms with Crippen LogP contribution in [-0.2, 0) is 14.8 Å². The van der Waals surface area contributed by atoms with Gasteiger partial charge in [0.05, 0.1) is 17.1 Å². The highest BCUT2D eigenvalue weighted by Crippen LogP contribution is 2.26. The van der Waals surface area contributed by atoms with Gasteiger partial charge in [0.1, 0.15) is 18.9 Å². The van der Waals surface area contributed by atoms with Crippen molar-refractivity contribution in [1.82, 2.24) is 5.32 Å². The average Bonchev–Trinajstić information content (AvgIpc) is 2.80. The summed E-state index contributed by atoms with van der Waals surface area (Å²) in [4.78, 5) is 12.8. The van der Waals surface area contributed by atoms with E-state index in [9.17, 15) is 13.2 Å². The molecule has 3 aromatic carbocycles.